The number of quaternary nitrogens is 1. The average molecular weight is 739 g/mol. The van der Waals surface area contributed by atoms with Crippen molar-refractivity contribution in [3.63, 3.8) is 0 Å². The molecule has 0 saturated carbocycles. The van der Waals surface area contributed by atoms with Crippen LogP contribution in [0.1, 0.15) is 103 Å². The average Bonchev–Trinajstić information content (AvgIpc) is 3.28. The van der Waals surface area contributed by atoms with Crippen LogP contribution in [0.4, 0.5) is 23.2 Å². The number of unbranched alkanes of at least 4 members (excludes halogenated alkanes) is 4. The highest BCUT2D eigenvalue weighted by molar-refractivity contribution is 7.45. The number of benzene rings is 2. The van der Waals surface area contributed by atoms with Crippen LogP contribution in [0.25, 0.3) is 0 Å². The molecule has 2 aromatic carbocycles. The number of carbonyl (C=O) groups is 1. The van der Waals surface area contributed by atoms with Gasteiger partial charge in [0.2, 0.25) is 5.67 Å². The first-order valence-electron chi connectivity index (χ1n) is 17.1. The number of nitrogens with zero attached hydrogens (tertiary/aromatic N) is 2. The molecule has 2 aromatic rings. The van der Waals surface area contributed by atoms with Crippen molar-refractivity contribution in [1.29, 1.82) is 0 Å². The van der Waals surface area contributed by atoms with Crippen LogP contribution in [-0.4, -0.2) is 57.0 Å². The number of anilines is 1. The molecular formula is C35H52ClF4N2O6P. The SMILES string of the molecule is CCCC[N+](CCCC)(CCCC)CCCC.CCOP(=O)([O-])OCN1C(=O)[C@@](F)(c2cc(Cl)ccc2OC)c2ccc(C(F)(F)F)cc21. The lowest BCUT2D eigenvalue weighted by molar-refractivity contribution is -0.929. The first-order valence-corrected chi connectivity index (χ1v) is 18.9. The third-order valence-corrected chi connectivity index (χ3v) is 9.88. The van der Waals surface area contributed by atoms with Crippen molar-refractivity contribution in [2.75, 3.05) is 51.5 Å². The molecule has 1 aliphatic rings. The van der Waals surface area contributed by atoms with Crippen LogP contribution in [0.2, 0.25) is 5.02 Å². The predicted octanol–water partition coefficient (Wildman–Crippen LogP) is 9.41. The van der Waals surface area contributed by atoms with E-state index in [1.165, 1.54) is 108 Å². The summed E-state index contributed by atoms with van der Waals surface area (Å²) in [4.78, 5) is 25.4. The molecule has 1 unspecified atom stereocenters. The van der Waals surface area contributed by atoms with E-state index in [1.54, 1.807) is 0 Å². The summed E-state index contributed by atoms with van der Waals surface area (Å²) in [6.07, 6.45) is 6.26. The molecule has 2 atom stereocenters. The van der Waals surface area contributed by atoms with Gasteiger partial charge in [-0.25, -0.2) is 4.39 Å². The van der Waals surface area contributed by atoms with E-state index in [-0.39, 0.29) is 22.9 Å². The van der Waals surface area contributed by atoms with Gasteiger partial charge in [-0.2, -0.15) is 13.2 Å². The molecule has 0 N–H and O–H groups in total. The summed E-state index contributed by atoms with van der Waals surface area (Å²) < 4.78 is 83.5. The summed E-state index contributed by atoms with van der Waals surface area (Å²) in [6, 6.07) is 5.71. The number of amides is 1. The zero-order chi connectivity index (χ0) is 36.9. The van der Waals surface area contributed by atoms with Gasteiger partial charge in [-0.3, -0.25) is 18.8 Å². The number of rotatable bonds is 19. The minimum absolute atomic E-state index is 0.0363. The van der Waals surface area contributed by atoms with Gasteiger partial charge in [0.05, 0.1) is 51.1 Å². The maximum atomic E-state index is 16.5. The van der Waals surface area contributed by atoms with Crippen LogP contribution >= 0.6 is 19.4 Å². The molecule has 0 aromatic heterocycles. The highest BCUT2D eigenvalue weighted by Crippen LogP contribution is 2.52. The molecule has 0 fully saturated rings. The van der Waals surface area contributed by atoms with Crippen molar-refractivity contribution in [2.24, 2.45) is 0 Å². The van der Waals surface area contributed by atoms with E-state index < -0.39 is 49.1 Å². The first kappa shape index (κ1) is 43.0. The number of halogens is 5. The molecular weight excluding hydrogens is 687 g/mol. The van der Waals surface area contributed by atoms with Gasteiger partial charge >= 0.3 is 6.18 Å². The largest absolute Gasteiger partial charge is 0.756 e. The fourth-order valence-electron chi connectivity index (χ4n) is 5.94. The van der Waals surface area contributed by atoms with E-state index in [4.69, 9.17) is 16.3 Å². The van der Waals surface area contributed by atoms with Gasteiger partial charge in [0, 0.05) is 16.1 Å². The fraction of sp³-hybridized carbons (Fsp3) is 0.629. The van der Waals surface area contributed by atoms with Crippen LogP contribution in [0, 0.1) is 0 Å². The van der Waals surface area contributed by atoms with Crippen molar-refractivity contribution in [3.8, 4) is 5.75 Å². The second-order valence-corrected chi connectivity index (χ2v) is 14.1. The lowest BCUT2D eigenvalue weighted by Crippen LogP contribution is -2.50. The quantitative estimate of drug-likeness (QED) is 0.0811. The molecule has 1 aliphatic heterocycles. The Bertz CT molecular complexity index is 1360. The molecule has 278 valence electrons. The zero-order valence-corrected chi connectivity index (χ0v) is 31.2. The van der Waals surface area contributed by atoms with E-state index in [0.29, 0.717) is 17.0 Å². The first-order chi connectivity index (χ1) is 23.1. The number of fused-ring (bicyclic) bond motifs is 1. The number of carbonyl (C=O) groups excluding carboxylic acids is 1. The smallest absolute Gasteiger partial charge is 0.416 e. The van der Waals surface area contributed by atoms with Gasteiger partial charge in [-0.1, -0.05) is 71.0 Å². The number of hydrogen-bond donors (Lipinski definition) is 0. The number of hydrogen-bond acceptors (Lipinski definition) is 6. The maximum absolute atomic E-state index is 16.5. The molecule has 3 rings (SSSR count). The van der Waals surface area contributed by atoms with Crippen molar-refractivity contribution in [1.82, 2.24) is 0 Å². The lowest BCUT2D eigenvalue weighted by Gasteiger charge is -2.39. The minimum atomic E-state index is -4.90. The van der Waals surface area contributed by atoms with Crippen LogP contribution in [0.3, 0.4) is 0 Å². The van der Waals surface area contributed by atoms with E-state index in [9.17, 15) is 27.4 Å². The molecule has 0 radical (unpaired) electrons. The number of phosphoric acid groups is 1. The summed E-state index contributed by atoms with van der Waals surface area (Å²) in [5.74, 6) is -1.48. The summed E-state index contributed by atoms with van der Waals surface area (Å²) >= 11 is 5.95. The Balaban J connectivity index is 0.000000417. The van der Waals surface area contributed by atoms with Crippen molar-refractivity contribution in [3.05, 3.63) is 58.1 Å². The summed E-state index contributed by atoms with van der Waals surface area (Å²) in [6.45, 7) is 15.0. The molecule has 14 heteroatoms. The Morgan fingerprint density at radius 1 is 0.857 bits per heavy atom. The van der Waals surface area contributed by atoms with Gasteiger partial charge < -0.3 is 18.6 Å². The molecule has 49 heavy (non-hydrogen) atoms. The van der Waals surface area contributed by atoms with Crippen LogP contribution in [0.5, 0.6) is 5.75 Å². The number of phosphoric ester groups is 1. The summed E-state index contributed by atoms with van der Waals surface area (Å²) in [7, 11) is -3.69. The second kappa shape index (κ2) is 19.4. The van der Waals surface area contributed by atoms with Crippen molar-refractivity contribution in [2.45, 2.75) is 97.8 Å². The molecule has 1 heterocycles. The van der Waals surface area contributed by atoms with Gasteiger partial charge in [-0.05, 0) is 62.9 Å². The van der Waals surface area contributed by atoms with Crippen molar-refractivity contribution < 1.29 is 50.1 Å². The molecule has 8 nitrogen and oxygen atoms in total. The monoisotopic (exact) mass is 738 g/mol. The second-order valence-electron chi connectivity index (χ2n) is 12.2. The Morgan fingerprint density at radius 2 is 1.39 bits per heavy atom. The number of methoxy groups -OCH3 is 1. The van der Waals surface area contributed by atoms with E-state index in [1.807, 2.05) is 0 Å². The number of alkyl halides is 4. The Morgan fingerprint density at radius 3 is 1.84 bits per heavy atom. The highest BCUT2D eigenvalue weighted by atomic mass is 35.5. The molecule has 0 saturated heterocycles. The minimum Gasteiger partial charge on any atom is -0.756 e. The normalized spacial score (nSPS) is 17.4. The van der Waals surface area contributed by atoms with Crippen LogP contribution < -0.4 is 14.5 Å². The zero-order valence-electron chi connectivity index (χ0n) is 29.5. The van der Waals surface area contributed by atoms with E-state index >= 15 is 4.39 Å². The van der Waals surface area contributed by atoms with Crippen molar-refractivity contribution >= 4 is 31.0 Å². The Labute approximate surface area is 293 Å². The van der Waals surface area contributed by atoms with Gasteiger partial charge in [-0.15, -0.1) is 0 Å². The highest BCUT2D eigenvalue weighted by Gasteiger charge is 2.55. The topological polar surface area (TPSA) is 88.1 Å². The third-order valence-electron chi connectivity index (χ3n) is 8.64. The van der Waals surface area contributed by atoms with E-state index in [0.717, 1.165) is 12.1 Å². The lowest BCUT2D eigenvalue weighted by atomic mass is 9.88. The van der Waals surface area contributed by atoms with Crippen LogP contribution in [0.15, 0.2) is 36.4 Å². The predicted molar refractivity (Wildman–Crippen MR) is 183 cm³/mol. The molecule has 0 bridgehead atoms. The third kappa shape index (κ3) is 11.4. The Hall–Kier alpha value is -2.21. The Kier molecular flexibility index (Phi) is 17.0. The summed E-state index contributed by atoms with van der Waals surface area (Å²) in [5.41, 5.74) is -5.55. The van der Waals surface area contributed by atoms with Crippen LogP contribution in [-0.2, 0) is 30.3 Å². The van der Waals surface area contributed by atoms with E-state index in [2.05, 4.69) is 36.7 Å². The van der Waals surface area contributed by atoms with Gasteiger partial charge in [0.1, 0.15) is 12.5 Å². The maximum Gasteiger partial charge on any atom is 0.416 e. The molecule has 1 amide bonds. The molecule has 0 aliphatic carbocycles. The standard InChI is InChI=1S/C19H17ClF4NO6P.C16H36N/c1-3-30-32(27,28)31-10-25-15-8-11(19(22,23)24)4-6-13(15)18(21,17(25)26)14-9-12(20)5-7-16(14)29-2;1-5-9-13-17(14-10-6-2,15-11-7-3)16-12-8-4/h4-9H,3,10H2,1-2H3,(H,27,28);5-16H2,1-4H3/q;+1/p-1/t18-;/m0./s1. The fourth-order valence-corrected chi connectivity index (χ4v) is 6.76. The summed E-state index contributed by atoms with van der Waals surface area (Å²) in [5, 5.41) is 0.0363. The van der Waals surface area contributed by atoms with Gasteiger partial charge in [0.15, 0.2) is 0 Å². The number of ether oxygens (including phenoxy) is 1. The van der Waals surface area contributed by atoms with Gasteiger partial charge in [0.25, 0.3) is 13.7 Å². The molecule has 0 spiro atoms.